The average Bonchev–Trinajstić information content (AvgIpc) is 2.29. The van der Waals surface area contributed by atoms with Gasteiger partial charge in [0.25, 0.3) is 0 Å². The van der Waals surface area contributed by atoms with E-state index in [0.29, 0.717) is 29.6 Å². The highest BCUT2D eigenvalue weighted by molar-refractivity contribution is 7.89. The van der Waals surface area contributed by atoms with E-state index in [-0.39, 0.29) is 12.4 Å². The van der Waals surface area contributed by atoms with Crippen LogP contribution >= 0.6 is 12.4 Å². The molecule has 0 radical (unpaired) electrons. The molecule has 2 N–H and O–H groups in total. The number of nitrogens with zero attached hydrogens (tertiary/aromatic N) is 1. The second kappa shape index (κ2) is 5.91. The van der Waals surface area contributed by atoms with Crippen molar-refractivity contribution in [2.75, 3.05) is 18.8 Å². The number of nitrogen functional groups attached to an aromatic ring is 1. The van der Waals surface area contributed by atoms with Crippen LogP contribution in [0.2, 0.25) is 0 Å². The van der Waals surface area contributed by atoms with Gasteiger partial charge in [0.2, 0.25) is 10.0 Å². The van der Waals surface area contributed by atoms with Gasteiger partial charge in [0.15, 0.2) is 0 Å². The molecule has 1 aliphatic heterocycles. The number of hydrogen-bond donors (Lipinski definition) is 1. The lowest BCUT2D eigenvalue weighted by molar-refractivity contribution is 0.288. The minimum atomic E-state index is -3.35. The van der Waals surface area contributed by atoms with Gasteiger partial charge in [-0.15, -0.1) is 12.4 Å². The predicted octanol–water partition coefficient (Wildman–Crippen LogP) is 2.11. The molecule has 1 aromatic rings. The molecule has 1 fully saturated rings. The lowest BCUT2D eigenvalue weighted by Crippen LogP contribution is -2.37. The van der Waals surface area contributed by atoms with Gasteiger partial charge in [-0.05, 0) is 37.0 Å². The molecule has 4 nitrogen and oxygen atoms in total. The van der Waals surface area contributed by atoms with Gasteiger partial charge in [0.1, 0.15) is 0 Å². The fourth-order valence-corrected chi connectivity index (χ4v) is 3.57. The third-order valence-electron chi connectivity index (χ3n) is 3.24. The van der Waals surface area contributed by atoms with Crippen LogP contribution in [0.3, 0.4) is 0 Å². The Kier molecular flexibility index (Phi) is 5.01. The minimum absolute atomic E-state index is 0. The number of benzene rings is 1. The van der Waals surface area contributed by atoms with Crippen molar-refractivity contribution >= 4 is 28.1 Å². The summed E-state index contributed by atoms with van der Waals surface area (Å²) in [4.78, 5) is 0.298. The zero-order valence-corrected chi connectivity index (χ0v) is 12.0. The zero-order valence-electron chi connectivity index (χ0n) is 10.4. The molecule has 1 heterocycles. The number of anilines is 1. The second-order valence-corrected chi connectivity index (χ2v) is 6.60. The van der Waals surface area contributed by atoms with Crippen LogP contribution < -0.4 is 5.73 Å². The number of halogens is 1. The van der Waals surface area contributed by atoms with Crippen LogP contribution in [-0.4, -0.2) is 25.8 Å². The van der Waals surface area contributed by atoms with E-state index in [1.807, 2.05) is 0 Å². The summed E-state index contributed by atoms with van der Waals surface area (Å²) < 4.78 is 26.2. The molecule has 0 aromatic heterocycles. The molecule has 0 saturated carbocycles. The van der Waals surface area contributed by atoms with E-state index >= 15 is 0 Å². The van der Waals surface area contributed by atoms with E-state index in [0.717, 1.165) is 12.8 Å². The molecule has 0 bridgehead atoms. The Balaban J connectivity index is 0.00000162. The van der Waals surface area contributed by atoms with Crippen molar-refractivity contribution in [1.82, 2.24) is 4.31 Å². The minimum Gasteiger partial charge on any atom is -0.399 e. The molecule has 0 atom stereocenters. The first kappa shape index (κ1) is 15.3. The largest absolute Gasteiger partial charge is 0.399 e. The van der Waals surface area contributed by atoms with Gasteiger partial charge in [-0.25, -0.2) is 8.42 Å². The van der Waals surface area contributed by atoms with Gasteiger partial charge in [-0.3, -0.25) is 0 Å². The summed E-state index contributed by atoms with van der Waals surface area (Å²) >= 11 is 0. The molecule has 0 unspecified atom stereocenters. The summed E-state index contributed by atoms with van der Waals surface area (Å²) in [6, 6.07) is 6.49. The van der Waals surface area contributed by atoms with E-state index in [1.54, 1.807) is 22.5 Å². The normalized spacial score (nSPS) is 18.3. The predicted molar refractivity (Wildman–Crippen MR) is 75.3 cm³/mol. The highest BCUT2D eigenvalue weighted by atomic mass is 35.5. The topological polar surface area (TPSA) is 63.4 Å². The van der Waals surface area contributed by atoms with Crippen LogP contribution in [0.1, 0.15) is 19.8 Å². The molecule has 0 aliphatic carbocycles. The monoisotopic (exact) mass is 290 g/mol. The van der Waals surface area contributed by atoms with E-state index in [1.165, 1.54) is 6.07 Å². The maximum atomic E-state index is 12.3. The molecule has 1 aliphatic rings. The van der Waals surface area contributed by atoms with Gasteiger partial charge in [0.05, 0.1) is 4.90 Å². The number of nitrogens with two attached hydrogens (primary N) is 1. The molecule has 2 rings (SSSR count). The SMILES string of the molecule is CC1CCN(S(=O)(=O)c2cccc(N)c2)CC1.Cl. The van der Waals surface area contributed by atoms with Gasteiger partial charge >= 0.3 is 0 Å². The first-order valence-electron chi connectivity index (χ1n) is 5.86. The average molecular weight is 291 g/mol. The third-order valence-corrected chi connectivity index (χ3v) is 5.13. The maximum Gasteiger partial charge on any atom is 0.243 e. The fourth-order valence-electron chi connectivity index (χ4n) is 2.05. The molecule has 0 amide bonds. The number of rotatable bonds is 2. The Bertz CT molecular complexity index is 497. The van der Waals surface area contributed by atoms with Crippen molar-refractivity contribution in [3.05, 3.63) is 24.3 Å². The van der Waals surface area contributed by atoms with E-state index in [9.17, 15) is 8.42 Å². The maximum absolute atomic E-state index is 12.3. The molecule has 1 saturated heterocycles. The van der Waals surface area contributed by atoms with Crippen LogP contribution in [0.4, 0.5) is 5.69 Å². The van der Waals surface area contributed by atoms with E-state index in [2.05, 4.69) is 6.92 Å². The third kappa shape index (κ3) is 3.16. The lowest BCUT2D eigenvalue weighted by Gasteiger charge is -2.29. The summed E-state index contributed by atoms with van der Waals surface area (Å²) in [5.41, 5.74) is 6.11. The first-order chi connectivity index (χ1) is 8.00. The highest BCUT2D eigenvalue weighted by Gasteiger charge is 2.27. The summed E-state index contributed by atoms with van der Waals surface area (Å²) in [7, 11) is -3.35. The zero-order chi connectivity index (χ0) is 12.5. The molecule has 18 heavy (non-hydrogen) atoms. The first-order valence-corrected chi connectivity index (χ1v) is 7.30. The van der Waals surface area contributed by atoms with Crippen LogP contribution in [0.25, 0.3) is 0 Å². The van der Waals surface area contributed by atoms with Crippen molar-refractivity contribution in [1.29, 1.82) is 0 Å². The Hall–Kier alpha value is -0.780. The number of sulfonamides is 1. The van der Waals surface area contributed by atoms with Crippen LogP contribution in [-0.2, 0) is 10.0 Å². The summed E-state index contributed by atoms with van der Waals surface area (Å²) in [6.45, 7) is 3.38. The van der Waals surface area contributed by atoms with Crippen LogP contribution in [0, 0.1) is 5.92 Å². The Morgan fingerprint density at radius 1 is 1.28 bits per heavy atom. The van der Waals surface area contributed by atoms with E-state index in [4.69, 9.17) is 5.73 Å². The highest BCUT2D eigenvalue weighted by Crippen LogP contribution is 2.24. The van der Waals surface area contributed by atoms with E-state index < -0.39 is 10.0 Å². The van der Waals surface area contributed by atoms with Gasteiger partial charge < -0.3 is 5.73 Å². The van der Waals surface area contributed by atoms with Gasteiger partial charge in [-0.1, -0.05) is 13.0 Å². The van der Waals surface area contributed by atoms with Gasteiger partial charge in [-0.2, -0.15) is 4.31 Å². The lowest BCUT2D eigenvalue weighted by atomic mass is 10.0. The van der Waals surface area contributed by atoms with Crippen LogP contribution in [0.5, 0.6) is 0 Å². The quantitative estimate of drug-likeness (QED) is 0.849. The molecular formula is C12H19ClN2O2S. The van der Waals surface area contributed by atoms with Crippen molar-refractivity contribution in [2.45, 2.75) is 24.7 Å². The van der Waals surface area contributed by atoms with Gasteiger partial charge in [0, 0.05) is 18.8 Å². The molecule has 6 heteroatoms. The van der Waals surface area contributed by atoms with Crippen molar-refractivity contribution in [3.63, 3.8) is 0 Å². The summed E-state index contributed by atoms with van der Waals surface area (Å²) in [6.07, 6.45) is 1.86. The molecule has 0 spiro atoms. The van der Waals surface area contributed by atoms with Crippen molar-refractivity contribution < 1.29 is 8.42 Å². The van der Waals surface area contributed by atoms with Crippen LogP contribution in [0.15, 0.2) is 29.2 Å². The number of hydrogen-bond acceptors (Lipinski definition) is 3. The Labute approximate surface area is 115 Å². The summed E-state index contributed by atoms with van der Waals surface area (Å²) in [5, 5.41) is 0. The molecular weight excluding hydrogens is 272 g/mol. The number of piperidine rings is 1. The summed E-state index contributed by atoms with van der Waals surface area (Å²) in [5.74, 6) is 0.613. The molecule has 1 aromatic carbocycles. The van der Waals surface area contributed by atoms with Crippen molar-refractivity contribution in [2.24, 2.45) is 5.92 Å². The molecule has 102 valence electrons. The smallest absolute Gasteiger partial charge is 0.243 e. The fraction of sp³-hybridized carbons (Fsp3) is 0.500. The standard InChI is InChI=1S/C12H18N2O2S.ClH/c1-10-5-7-14(8-6-10)17(15,16)12-4-2-3-11(13)9-12;/h2-4,9-10H,5-8,13H2,1H3;1H. The Morgan fingerprint density at radius 3 is 2.44 bits per heavy atom. The second-order valence-electron chi connectivity index (χ2n) is 4.66. The Morgan fingerprint density at radius 2 is 1.89 bits per heavy atom. The van der Waals surface area contributed by atoms with Crippen molar-refractivity contribution in [3.8, 4) is 0 Å².